The van der Waals surface area contributed by atoms with Crippen LogP contribution in [0.1, 0.15) is 16.1 Å². The number of aromatic carboxylic acids is 1. The van der Waals surface area contributed by atoms with E-state index in [1.54, 1.807) is 6.92 Å². The third-order valence-corrected chi connectivity index (χ3v) is 2.54. The number of thioether (sulfide) groups is 1. The van der Waals surface area contributed by atoms with Gasteiger partial charge in [-0.15, -0.1) is 5.10 Å². The normalized spacial score (nSPS) is 10.8. The summed E-state index contributed by atoms with van der Waals surface area (Å²) >= 11 is 1.39. The number of carboxylic acid groups (broad SMARTS) is 1. The Morgan fingerprint density at radius 3 is 2.93 bits per heavy atom. The van der Waals surface area contributed by atoms with Crippen LogP contribution in [0.25, 0.3) is 5.78 Å². The predicted molar refractivity (Wildman–Crippen MR) is 54.3 cm³/mol. The van der Waals surface area contributed by atoms with E-state index in [1.807, 2.05) is 6.26 Å². The minimum atomic E-state index is -1.01. The van der Waals surface area contributed by atoms with Crippen LogP contribution < -0.4 is 0 Å². The number of carbonyl (C=O) groups is 1. The van der Waals surface area contributed by atoms with Crippen molar-refractivity contribution in [1.29, 1.82) is 0 Å². The van der Waals surface area contributed by atoms with Gasteiger partial charge in [-0.2, -0.15) is 9.50 Å². The van der Waals surface area contributed by atoms with Crippen LogP contribution in [0.15, 0.2) is 11.4 Å². The third kappa shape index (κ3) is 1.54. The van der Waals surface area contributed by atoms with Crippen molar-refractivity contribution in [2.45, 2.75) is 12.1 Å². The van der Waals surface area contributed by atoms with Crippen LogP contribution in [0.5, 0.6) is 0 Å². The first kappa shape index (κ1) is 9.91. The molecule has 2 aromatic heterocycles. The van der Waals surface area contributed by atoms with E-state index in [4.69, 9.17) is 5.11 Å². The molecule has 6 nitrogen and oxygen atoms in total. The first-order valence-corrected chi connectivity index (χ1v) is 5.35. The van der Waals surface area contributed by atoms with Crippen molar-refractivity contribution in [1.82, 2.24) is 19.6 Å². The summed E-state index contributed by atoms with van der Waals surface area (Å²) in [4.78, 5) is 18.9. The van der Waals surface area contributed by atoms with E-state index in [0.29, 0.717) is 16.6 Å². The minimum absolute atomic E-state index is 0.139. The molecule has 2 rings (SSSR count). The number of hydrogen-bond donors (Lipinski definition) is 1. The van der Waals surface area contributed by atoms with Crippen molar-refractivity contribution in [2.24, 2.45) is 0 Å². The second-order valence-electron chi connectivity index (χ2n) is 2.87. The number of rotatable bonds is 2. The van der Waals surface area contributed by atoms with Crippen molar-refractivity contribution in [3.05, 3.63) is 17.5 Å². The van der Waals surface area contributed by atoms with Crippen LogP contribution in [0.2, 0.25) is 0 Å². The largest absolute Gasteiger partial charge is 0.478 e. The average Bonchev–Trinajstić information content (AvgIpc) is 2.61. The van der Waals surface area contributed by atoms with Crippen LogP contribution in [0.4, 0.5) is 0 Å². The Hall–Kier alpha value is -1.63. The van der Waals surface area contributed by atoms with Gasteiger partial charge in [0.05, 0.1) is 11.3 Å². The predicted octanol–water partition coefficient (Wildman–Crippen LogP) is 0.853. The van der Waals surface area contributed by atoms with E-state index < -0.39 is 5.97 Å². The van der Waals surface area contributed by atoms with Crippen LogP contribution in [-0.2, 0) is 0 Å². The smallest absolute Gasteiger partial charge is 0.339 e. The molecule has 0 aliphatic carbocycles. The molecule has 0 aliphatic rings. The SMILES string of the molecule is CSc1nc2ncc(C(=O)O)c(C)n2n1. The number of carboxylic acids is 1. The van der Waals surface area contributed by atoms with E-state index in [2.05, 4.69) is 15.1 Å². The molecule has 0 amide bonds. The summed E-state index contributed by atoms with van der Waals surface area (Å²) in [6.07, 6.45) is 3.15. The summed E-state index contributed by atoms with van der Waals surface area (Å²) in [6.45, 7) is 1.68. The summed E-state index contributed by atoms with van der Waals surface area (Å²) in [5.41, 5.74) is 0.667. The molecule has 2 aromatic rings. The molecule has 0 saturated heterocycles. The highest BCUT2D eigenvalue weighted by atomic mass is 32.2. The minimum Gasteiger partial charge on any atom is -0.478 e. The first-order valence-electron chi connectivity index (χ1n) is 4.13. The van der Waals surface area contributed by atoms with Gasteiger partial charge in [-0.25, -0.2) is 9.78 Å². The van der Waals surface area contributed by atoms with Gasteiger partial charge in [0.2, 0.25) is 5.16 Å². The van der Waals surface area contributed by atoms with Crippen molar-refractivity contribution < 1.29 is 9.90 Å². The van der Waals surface area contributed by atoms with Gasteiger partial charge in [0.1, 0.15) is 0 Å². The van der Waals surface area contributed by atoms with Crippen LogP contribution in [-0.4, -0.2) is 36.9 Å². The molecule has 78 valence electrons. The maximum absolute atomic E-state index is 10.8. The molecule has 0 radical (unpaired) electrons. The fourth-order valence-corrected chi connectivity index (χ4v) is 1.56. The molecule has 0 aliphatic heterocycles. The standard InChI is InChI=1S/C8H8N4O2S/c1-4-5(6(13)14)3-9-7-10-8(15-2)11-12(4)7/h3H,1-2H3,(H,13,14). The van der Waals surface area contributed by atoms with Crippen LogP contribution >= 0.6 is 11.8 Å². The molecule has 7 heteroatoms. The zero-order valence-corrected chi connectivity index (χ0v) is 8.95. The summed E-state index contributed by atoms with van der Waals surface area (Å²) in [5, 5.41) is 13.6. The number of hydrogen-bond acceptors (Lipinski definition) is 5. The van der Waals surface area contributed by atoms with E-state index in [9.17, 15) is 4.79 Å². The van der Waals surface area contributed by atoms with Crippen molar-refractivity contribution >= 4 is 23.5 Å². The Balaban J connectivity index is 2.72. The summed E-state index contributed by atoms with van der Waals surface area (Å²) in [6, 6.07) is 0. The molecule has 0 aromatic carbocycles. The maximum atomic E-state index is 10.8. The highest BCUT2D eigenvalue weighted by Crippen LogP contribution is 2.13. The Bertz CT molecular complexity index is 537. The maximum Gasteiger partial charge on any atom is 0.339 e. The van der Waals surface area contributed by atoms with E-state index in [1.165, 1.54) is 22.5 Å². The molecule has 1 N–H and O–H groups in total. The molecule has 2 heterocycles. The molecule has 0 spiro atoms. The monoisotopic (exact) mass is 224 g/mol. The lowest BCUT2D eigenvalue weighted by Crippen LogP contribution is -2.07. The second kappa shape index (κ2) is 3.50. The van der Waals surface area contributed by atoms with Gasteiger partial charge in [0, 0.05) is 6.20 Å². The fourth-order valence-electron chi connectivity index (χ4n) is 1.22. The lowest BCUT2D eigenvalue weighted by atomic mass is 10.2. The molecule has 0 atom stereocenters. The van der Waals surface area contributed by atoms with Gasteiger partial charge in [-0.3, -0.25) is 0 Å². The van der Waals surface area contributed by atoms with Crippen LogP contribution in [0.3, 0.4) is 0 Å². The number of fused-ring (bicyclic) bond motifs is 1. The Labute approximate surface area is 89.4 Å². The van der Waals surface area contributed by atoms with E-state index in [0.717, 1.165) is 0 Å². The Morgan fingerprint density at radius 2 is 2.33 bits per heavy atom. The molecular weight excluding hydrogens is 216 g/mol. The highest BCUT2D eigenvalue weighted by Gasteiger charge is 2.13. The van der Waals surface area contributed by atoms with Gasteiger partial charge in [0.15, 0.2) is 0 Å². The highest BCUT2D eigenvalue weighted by molar-refractivity contribution is 7.98. The van der Waals surface area contributed by atoms with Gasteiger partial charge in [-0.1, -0.05) is 11.8 Å². The second-order valence-corrected chi connectivity index (χ2v) is 3.65. The number of nitrogens with zero attached hydrogens (tertiary/aromatic N) is 4. The zero-order valence-electron chi connectivity index (χ0n) is 8.13. The Kier molecular flexibility index (Phi) is 2.31. The Morgan fingerprint density at radius 1 is 1.60 bits per heavy atom. The van der Waals surface area contributed by atoms with E-state index >= 15 is 0 Å². The summed E-state index contributed by atoms with van der Waals surface area (Å²) < 4.78 is 1.44. The molecule has 0 saturated carbocycles. The van der Waals surface area contributed by atoms with E-state index in [-0.39, 0.29) is 5.56 Å². The average molecular weight is 224 g/mol. The van der Waals surface area contributed by atoms with Crippen molar-refractivity contribution in [3.8, 4) is 0 Å². The van der Waals surface area contributed by atoms with Gasteiger partial charge < -0.3 is 5.11 Å². The summed E-state index contributed by atoms with van der Waals surface area (Å²) in [5.74, 6) is -0.593. The van der Waals surface area contributed by atoms with Crippen molar-refractivity contribution in [2.75, 3.05) is 6.26 Å². The topological polar surface area (TPSA) is 80.4 Å². The lowest BCUT2D eigenvalue weighted by Gasteiger charge is -2.00. The molecule has 0 bridgehead atoms. The van der Waals surface area contributed by atoms with Gasteiger partial charge in [-0.05, 0) is 13.2 Å². The molecule has 0 unspecified atom stereocenters. The number of aryl methyl sites for hydroxylation is 1. The van der Waals surface area contributed by atoms with Gasteiger partial charge >= 0.3 is 5.97 Å². The van der Waals surface area contributed by atoms with Crippen molar-refractivity contribution in [3.63, 3.8) is 0 Å². The lowest BCUT2D eigenvalue weighted by molar-refractivity contribution is 0.0695. The molecule has 15 heavy (non-hydrogen) atoms. The van der Waals surface area contributed by atoms with Gasteiger partial charge in [0.25, 0.3) is 5.78 Å². The zero-order chi connectivity index (χ0) is 11.0. The summed E-state index contributed by atoms with van der Waals surface area (Å²) in [7, 11) is 0. The number of aromatic nitrogens is 4. The third-order valence-electron chi connectivity index (χ3n) is 2.00. The first-order chi connectivity index (χ1) is 7.13. The molecular formula is C8H8N4O2S. The molecule has 0 fully saturated rings. The fraction of sp³-hybridized carbons (Fsp3) is 0.250. The quantitative estimate of drug-likeness (QED) is 0.762. The van der Waals surface area contributed by atoms with Crippen LogP contribution in [0, 0.1) is 6.92 Å².